The summed E-state index contributed by atoms with van der Waals surface area (Å²) in [6, 6.07) is 14.8. The molecule has 2 N–H and O–H groups in total. The van der Waals surface area contributed by atoms with Crippen LogP contribution in [0.1, 0.15) is 31.1 Å². The van der Waals surface area contributed by atoms with Crippen molar-refractivity contribution in [3.63, 3.8) is 0 Å². The second-order valence-electron chi connectivity index (χ2n) is 8.68. The molecule has 2 aromatic carbocycles. The Morgan fingerprint density at radius 2 is 1.59 bits per heavy atom. The Labute approximate surface area is 194 Å². The largest absolute Gasteiger partial charge is 0.496 e. The number of carbonyl (C=O) groups is 2. The molecule has 7 nitrogen and oxygen atoms in total. The molecular formula is C24H30N4O3S. The van der Waals surface area contributed by atoms with E-state index in [1.807, 2.05) is 49.9 Å². The fourth-order valence-corrected chi connectivity index (χ4v) is 3.77. The van der Waals surface area contributed by atoms with Gasteiger partial charge in [0, 0.05) is 43.0 Å². The standard InChI is InChI=1S/C24H30N4O3S/c1-24(2,3)22(30)28-15-13-27(14-16-28)18-11-9-17(10-12-18)25-23(32)26-21(29)19-7-5-6-8-20(19)31-4/h5-12H,13-16H2,1-4H3,(H2,25,26,29,32). The molecule has 0 radical (unpaired) electrons. The first kappa shape index (κ1) is 23.5. The van der Waals surface area contributed by atoms with Crippen LogP contribution in [0.5, 0.6) is 5.75 Å². The third-order valence-corrected chi connectivity index (χ3v) is 5.48. The highest BCUT2D eigenvalue weighted by Crippen LogP contribution is 2.23. The van der Waals surface area contributed by atoms with Gasteiger partial charge >= 0.3 is 0 Å². The molecule has 8 heteroatoms. The third-order valence-electron chi connectivity index (χ3n) is 5.28. The van der Waals surface area contributed by atoms with E-state index in [0.29, 0.717) is 11.3 Å². The zero-order valence-electron chi connectivity index (χ0n) is 19.0. The minimum absolute atomic E-state index is 0.195. The van der Waals surface area contributed by atoms with E-state index in [0.717, 1.165) is 37.6 Å². The van der Waals surface area contributed by atoms with Crippen molar-refractivity contribution in [1.29, 1.82) is 0 Å². The van der Waals surface area contributed by atoms with E-state index in [1.165, 1.54) is 7.11 Å². The van der Waals surface area contributed by atoms with E-state index >= 15 is 0 Å². The lowest BCUT2D eigenvalue weighted by atomic mass is 9.94. The highest BCUT2D eigenvalue weighted by molar-refractivity contribution is 7.80. The summed E-state index contributed by atoms with van der Waals surface area (Å²) in [5.41, 5.74) is 1.93. The molecule has 1 heterocycles. The maximum Gasteiger partial charge on any atom is 0.261 e. The van der Waals surface area contributed by atoms with E-state index < -0.39 is 0 Å². The van der Waals surface area contributed by atoms with Crippen molar-refractivity contribution in [2.45, 2.75) is 20.8 Å². The lowest BCUT2D eigenvalue weighted by molar-refractivity contribution is -0.139. The minimum atomic E-state index is -0.352. The van der Waals surface area contributed by atoms with Gasteiger partial charge in [0.1, 0.15) is 5.75 Å². The van der Waals surface area contributed by atoms with Crippen LogP contribution in [0.2, 0.25) is 0 Å². The van der Waals surface area contributed by atoms with Gasteiger partial charge in [-0.25, -0.2) is 0 Å². The second kappa shape index (κ2) is 9.99. The fourth-order valence-electron chi connectivity index (χ4n) is 3.56. The van der Waals surface area contributed by atoms with Gasteiger partial charge in [-0.05, 0) is 48.6 Å². The number of ether oxygens (including phenoxy) is 1. The van der Waals surface area contributed by atoms with Crippen molar-refractivity contribution in [3.8, 4) is 5.75 Å². The van der Waals surface area contributed by atoms with Crippen LogP contribution >= 0.6 is 12.2 Å². The van der Waals surface area contributed by atoms with Gasteiger partial charge < -0.3 is 19.9 Å². The van der Waals surface area contributed by atoms with Gasteiger partial charge in [0.25, 0.3) is 5.91 Å². The molecule has 3 rings (SSSR count). The van der Waals surface area contributed by atoms with Crippen molar-refractivity contribution in [2.75, 3.05) is 43.5 Å². The Hall–Kier alpha value is -3.13. The number of carbonyl (C=O) groups excluding carboxylic acids is 2. The first-order valence-corrected chi connectivity index (χ1v) is 11.0. The van der Waals surface area contributed by atoms with Crippen LogP contribution in [0.15, 0.2) is 48.5 Å². The number of methoxy groups -OCH3 is 1. The Balaban J connectivity index is 1.53. The molecule has 2 amide bonds. The molecule has 0 spiro atoms. The highest BCUT2D eigenvalue weighted by Gasteiger charge is 2.29. The van der Waals surface area contributed by atoms with Crippen LogP contribution < -0.4 is 20.3 Å². The molecule has 1 saturated heterocycles. The summed E-state index contributed by atoms with van der Waals surface area (Å²) in [5, 5.41) is 5.93. The van der Waals surface area contributed by atoms with Gasteiger partial charge in [-0.1, -0.05) is 32.9 Å². The van der Waals surface area contributed by atoms with Crippen LogP contribution in [0, 0.1) is 5.41 Å². The Kier molecular flexibility index (Phi) is 7.35. The van der Waals surface area contributed by atoms with E-state index in [1.54, 1.807) is 24.3 Å². The molecule has 0 atom stereocenters. The quantitative estimate of drug-likeness (QED) is 0.689. The highest BCUT2D eigenvalue weighted by atomic mass is 32.1. The topological polar surface area (TPSA) is 73.9 Å². The zero-order chi connectivity index (χ0) is 23.3. The smallest absolute Gasteiger partial charge is 0.261 e. The summed E-state index contributed by atoms with van der Waals surface area (Å²) in [5.74, 6) is 0.348. The predicted octanol–water partition coefficient (Wildman–Crippen LogP) is 3.52. The van der Waals surface area contributed by atoms with Crippen molar-refractivity contribution < 1.29 is 14.3 Å². The lowest BCUT2D eigenvalue weighted by Crippen LogP contribution is -2.51. The van der Waals surface area contributed by atoms with E-state index in [-0.39, 0.29) is 22.3 Å². The summed E-state index contributed by atoms with van der Waals surface area (Å²) >= 11 is 5.29. The first-order chi connectivity index (χ1) is 15.2. The molecule has 0 unspecified atom stereocenters. The number of amides is 2. The van der Waals surface area contributed by atoms with Crippen LogP contribution in [-0.2, 0) is 4.79 Å². The molecule has 0 aliphatic carbocycles. The number of nitrogens with zero attached hydrogens (tertiary/aromatic N) is 2. The van der Waals surface area contributed by atoms with Crippen LogP contribution in [0.4, 0.5) is 11.4 Å². The Bertz CT molecular complexity index is 977. The molecule has 1 aliphatic heterocycles. The zero-order valence-corrected chi connectivity index (χ0v) is 19.8. The summed E-state index contributed by atoms with van der Waals surface area (Å²) in [6.45, 7) is 8.89. The molecule has 170 valence electrons. The number of rotatable bonds is 4. The normalized spacial score (nSPS) is 14.0. The number of thiocarbonyl (C=S) groups is 1. The van der Waals surface area contributed by atoms with Crippen molar-refractivity contribution in [2.24, 2.45) is 5.41 Å². The van der Waals surface area contributed by atoms with Crippen molar-refractivity contribution >= 4 is 40.5 Å². The van der Waals surface area contributed by atoms with Crippen LogP contribution in [0.3, 0.4) is 0 Å². The molecule has 0 bridgehead atoms. The Morgan fingerprint density at radius 1 is 0.969 bits per heavy atom. The number of hydrogen-bond donors (Lipinski definition) is 2. The maximum absolute atomic E-state index is 12.5. The van der Waals surface area contributed by atoms with Crippen molar-refractivity contribution in [1.82, 2.24) is 10.2 Å². The minimum Gasteiger partial charge on any atom is -0.496 e. The van der Waals surface area contributed by atoms with E-state index in [2.05, 4.69) is 15.5 Å². The first-order valence-electron chi connectivity index (χ1n) is 10.6. The summed E-state index contributed by atoms with van der Waals surface area (Å²) in [7, 11) is 1.52. The lowest BCUT2D eigenvalue weighted by Gasteiger charge is -2.38. The average molecular weight is 455 g/mol. The van der Waals surface area contributed by atoms with Gasteiger partial charge in [-0.2, -0.15) is 0 Å². The van der Waals surface area contributed by atoms with Gasteiger partial charge in [0.2, 0.25) is 5.91 Å². The molecule has 0 aromatic heterocycles. The van der Waals surface area contributed by atoms with E-state index in [9.17, 15) is 9.59 Å². The molecule has 1 fully saturated rings. The molecule has 32 heavy (non-hydrogen) atoms. The Morgan fingerprint density at radius 3 is 2.19 bits per heavy atom. The molecule has 2 aromatic rings. The summed E-state index contributed by atoms with van der Waals surface area (Å²) in [6.07, 6.45) is 0. The fraction of sp³-hybridized carbons (Fsp3) is 0.375. The van der Waals surface area contributed by atoms with Crippen molar-refractivity contribution in [3.05, 3.63) is 54.1 Å². The molecule has 1 aliphatic rings. The van der Waals surface area contributed by atoms with Gasteiger partial charge in [0.15, 0.2) is 5.11 Å². The number of para-hydroxylation sites is 1. The number of benzene rings is 2. The van der Waals surface area contributed by atoms with Crippen LogP contribution in [0.25, 0.3) is 0 Å². The van der Waals surface area contributed by atoms with Crippen LogP contribution in [-0.4, -0.2) is 55.1 Å². The van der Waals surface area contributed by atoms with Gasteiger partial charge in [0.05, 0.1) is 12.7 Å². The summed E-state index contributed by atoms with van der Waals surface area (Å²) in [4.78, 5) is 29.1. The number of nitrogens with one attached hydrogen (secondary N) is 2. The number of anilines is 2. The monoisotopic (exact) mass is 454 g/mol. The maximum atomic E-state index is 12.5. The summed E-state index contributed by atoms with van der Waals surface area (Å²) < 4.78 is 5.22. The molecular weight excluding hydrogens is 424 g/mol. The van der Waals surface area contributed by atoms with E-state index in [4.69, 9.17) is 17.0 Å². The van der Waals surface area contributed by atoms with Gasteiger partial charge in [-0.3, -0.25) is 14.9 Å². The number of piperazine rings is 1. The predicted molar refractivity (Wildman–Crippen MR) is 131 cm³/mol. The SMILES string of the molecule is COc1ccccc1C(=O)NC(=S)Nc1ccc(N2CCN(C(=O)C(C)(C)C)CC2)cc1. The number of hydrogen-bond acceptors (Lipinski definition) is 5. The third kappa shape index (κ3) is 5.76. The second-order valence-corrected chi connectivity index (χ2v) is 9.09. The van der Waals surface area contributed by atoms with Gasteiger partial charge in [-0.15, -0.1) is 0 Å². The molecule has 0 saturated carbocycles. The average Bonchev–Trinajstić information content (AvgIpc) is 2.78.